The molecule has 21 heavy (non-hydrogen) atoms. The van der Waals surface area contributed by atoms with E-state index < -0.39 is 0 Å². The highest BCUT2D eigenvalue weighted by atomic mass is 79.9. The van der Waals surface area contributed by atoms with Crippen molar-refractivity contribution in [2.24, 2.45) is 0 Å². The van der Waals surface area contributed by atoms with Crippen LogP contribution < -0.4 is 4.90 Å². The topological polar surface area (TPSA) is 36.9 Å². The first-order valence-electron chi connectivity index (χ1n) is 7.26. The lowest BCUT2D eigenvalue weighted by Gasteiger charge is -2.26. The average molecular weight is 387 g/mol. The van der Waals surface area contributed by atoms with Crippen molar-refractivity contribution >= 4 is 45.4 Å². The lowest BCUT2D eigenvalue weighted by molar-refractivity contribution is 0.350. The fourth-order valence-corrected chi connectivity index (χ4v) is 4.75. The molecule has 1 fully saturated rings. The van der Waals surface area contributed by atoms with E-state index in [1.165, 1.54) is 37.0 Å². The Morgan fingerprint density at radius 1 is 1.48 bits per heavy atom. The Kier molecular flexibility index (Phi) is 4.81. The standard InChI is InChI=1S/C14H19BrN4S2/c1-18(8-12-7-10(15)9-21-12)13-16-17-14(20)19(13)11-5-3-2-4-6-11/h7,9,11H,2-6,8H2,1H3,(H,17,20). The van der Waals surface area contributed by atoms with E-state index in [0.29, 0.717) is 6.04 Å². The predicted octanol–water partition coefficient (Wildman–Crippen LogP) is 4.91. The molecule has 1 aliphatic rings. The summed E-state index contributed by atoms with van der Waals surface area (Å²) in [5.41, 5.74) is 0. The van der Waals surface area contributed by atoms with Gasteiger partial charge in [-0.1, -0.05) is 19.3 Å². The molecule has 1 aliphatic carbocycles. The fraction of sp³-hybridized carbons (Fsp3) is 0.571. The number of hydrogen-bond acceptors (Lipinski definition) is 4. The smallest absolute Gasteiger partial charge is 0.226 e. The van der Waals surface area contributed by atoms with Gasteiger partial charge in [0, 0.05) is 27.8 Å². The van der Waals surface area contributed by atoms with E-state index in [9.17, 15) is 0 Å². The van der Waals surface area contributed by atoms with Crippen molar-refractivity contribution < 1.29 is 0 Å². The van der Waals surface area contributed by atoms with Crippen molar-refractivity contribution in [1.29, 1.82) is 0 Å². The molecule has 0 atom stereocenters. The van der Waals surface area contributed by atoms with Crippen molar-refractivity contribution in [1.82, 2.24) is 14.8 Å². The molecule has 0 radical (unpaired) electrons. The molecule has 0 aliphatic heterocycles. The highest BCUT2D eigenvalue weighted by Gasteiger charge is 2.21. The summed E-state index contributed by atoms with van der Waals surface area (Å²) >= 11 is 10.7. The number of rotatable bonds is 4. The first kappa shape index (κ1) is 15.2. The molecule has 0 saturated heterocycles. The number of aromatic nitrogens is 3. The van der Waals surface area contributed by atoms with Gasteiger partial charge in [0.15, 0.2) is 4.77 Å². The van der Waals surface area contributed by atoms with E-state index in [0.717, 1.165) is 21.7 Å². The highest BCUT2D eigenvalue weighted by molar-refractivity contribution is 9.10. The van der Waals surface area contributed by atoms with Gasteiger partial charge in [0.25, 0.3) is 0 Å². The third-order valence-electron chi connectivity index (χ3n) is 3.98. The van der Waals surface area contributed by atoms with Gasteiger partial charge in [0.05, 0.1) is 6.54 Å². The van der Waals surface area contributed by atoms with Crippen LogP contribution in [0.3, 0.4) is 0 Å². The monoisotopic (exact) mass is 386 g/mol. The van der Waals surface area contributed by atoms with Crippen molar-refractivity contribution in [2.45, 2.75) is 44.7 Å². The molecule has 2 heterocycles. The zero-order valence-electron chi connectivity index (χ0n) is 12.0. The van der Waals surface area contributed by atoms with Crippen LogP contribution in [0, 0.1) is 4.77 Å². The summed E-state index contributed by atoms with van der Waals surface area (Å²) in [6.45, 7) is 0.850. The Hall–Kier alpha value is -0.660. The molecular weight excluding hydrogens is 368 g/mol. The van der Waals surface area contributed by atoms with Crippen molar-refractivity contribution in [2.75, 3.05) is 11.9 Å². The van der Waals surface area contributed by atoms with E-state index in [4.69, 9.17) is 12.2 Å². The molecule has 2 aromatic heterocycles. The van der Waals surface area contributed by atoms with E-state index in [1.807, 2.05) is 0 Å². The molecule has 0 unspecified atom stereocenters. The second kappa shape index (κ2) is 6.62. The number of thiophene rings is 1. The van der Waals surface area contributed by atoms with Gasteiger partial charge in [-0.15, -0.1) is 16.4 Å². The normalized spacial score (nSPS) is 16.3. The zero-order chi connectivity index (χ0) is 14.8. The van der Waals surface area contributed by atoms with Crippen LogP contribution >= 0.6 is 39.5 Å². The third-order valence-corrected chi connectivity index (χ3v) is 5.95. The maximum Gasteiger partial charge on any atom is 0.226 e. The van der Waals surface area contributed by atoms with Gasteiger partial charge in [-0.3, -0.25) is 4.57 Å². The Morgan fingerprint density at radius 3 is 2.90 bits per heavy atom. The number of halogens is 1. The maximum atomic E-state index is 5.45. The number of aromatic amines is 1. The summed E-state index contributed by atoms with van der Waals surface area (Å²) in [7, 11) is 2.08. The minimum Gasteiger partial charge on any atom is -0.339 e. The van der Waals surface area contributed by atoms with Gasteiger partial charge in [-0.05, 0) is 47.1 Å². The largest absolute Gasteiger partial charge is 0.339 e. The summed E-state index contributed by atoms with van der Waals surface area (Å²) < 4.78 is 4.11. The van der Waals surface area contributed by atoms with Gasteiger partial charge >= 0.3 is 0 Å². The van der Waals surface area contributed by atoms with Crippen LogP contribution in [0.1, 0.15) is 43.0 Å². The van der Waals surface area contributed by atoms with Crippen LogP contribution in [-0.2, 0) is 6.54 Å². The van der Waals surface area contributed by atoms with Crippen molar-refractivity contribution in [3.63, 3.8) is 0 Å². The molecular formula is C14H19BrN4S2. The maximum absolute atomic E-state index is 5.45. The average Bonchev–Trinajstić information content (AvgIpc) is 3.06. The van der Waals surface area contributed by atoms with Gasteiger partial charge < -0.3 is 4.90 Å². The van der Waals surface area contributed by atoms with Crippen LogP contribution in [0.15, 0.2) is 15.9 Å². The molecule has 114 valence electrons. The minimum absolute atomic E-state index is 0.498. The number of nitrogens with one attached hydrogen (secondary N) is 1. The lowest BCUT2D eigenvalue weighted by Crippen LogP contribution is -2.23. The second-order valence-corrected chi connectivity index (χ2v) is 7.88. The summed E-state index contributed by atoms with van der Waals surface area (Å²) in [5.74, 6) is 0.955. The molecule has 0 bridgehead atoms. The van der Waals surface area contributed by atoms with Gasteiger partial charge in [0.1, 0.15) is 0 Å². The van der Waals surface area contributed by atoms with Crippen LogP contribution in [-0.4, -0.2) is 21.8 Å². The van der Waals surface area contributed by atoms with Crippen LogP contribution in [0.25, 0.3) is 0 Å². The van der Waals surface area contributed by atoms with E-state index in [2.05, 4.69) is 54.1 Å². The fourth-order valence-electron chi connectivity index (χ4n) is 2.98. The number of hydrogen-bond donors (Lipinski definition) is 1. The number of nitrogens with zero attached hydrogens (tertiary/aromatic N) is 3. The van der Waals surface area contributed by atoms with Gasteiger partial charge in [-0.25, -0.2) is 5.10 Å². The summed E-state index contributed by atoms with van der Waals surface area (Å²) in [4.78, 5) is 3.49. The SMILES string of the molecule is CN(Cc1cc(Br)cs1)c1n[nH]c(=S)n1C1CCCCC1. The summed E-state index contributed by atoms with van der Waals surface area (Å²) in [5, 5.41) is 9.55. The van der Waals surface area contributed by atoms with Crippen molar-refractivity contribution in [3.8, 4) is 0 Å². The highest BCUT2D eigenvalue weighted by Crippen LogP contribution is 2.31. The quantitative estimate of drug-likeness (QED) is 0.758. The Bertz CT molecular complexity index is 654. The van der Waals surface area contributed by atoms with Crippen LogP contribution in [0.5, 0.6) is 0 Å². The van der Waals surface area contributed by atoms with Crippen LogP contribution in [0.2, 0.25) is 0 Å². The predicted molar refractivity (Wildman–Crippen MR) is 93.7 cm³/mol. The first-order chi connectivity index (χ1) is 10.1. The molecule has 3 rings (SSSR count). The first-order valence-corrected chi connectivity index (χ1v) is 9.34. The molecule has 0 spiro atoms. The molecule has 4 nitrogen and oxygen atoms in total. The Labute approximate surface area is 142 Å². The van der Waals surface area contributed by atoms with Crippen molar-refractivity contribution in [3.05, 3.63) is 25.6 Å². The molecule has 0 aromatic carbocycles. The molecule has 7 heteroatoms. The van der Waals surface area contributed by atoms with Gasteiger partial charge in [-0.2, -0.15) is 0 Å². The number of H-pyrrole nitrogens is 1. The van der Waals surface area contributed by atoms with E-state index in [1.54, 1.807) is 11.3 Å². The van der Waals surface area contributed by atoms with E-state index in [-0.39, 0.29) is 0 Å². The zero-order valence-corrected chi connectivity index (χ0v) is 15.2. The van der Waals surface area contributed by atoms with Crippen LogP contribution in [0.4, 0.5) is 5.95 Å². The Balaban J connectivity index is 1.82. The van der Waals surface area contributed by atoms with E-state index >= 15 is 0 Å². The second-order valence-electron chi connectivity index (χ2n) is 5.58. The molecule has 2 aromatic rings. The summed E-state index contributed by atoms with van der Waals surface area (Å²) in [6, 6.07) is 2.66. The summed E-state index contributed by atoms with van der Waals surface area (Å²) in [6.07, 6.45) is 6.34. The third kappa shape index (κ3) is 3.40. The number of anilines is 1. The molecule has 0 amide bonds. The van der Waals surface area contributed by atoms with Gasteiger partial charge in [0.2, 0.25) is 5.95 Å². The molecule has 1 N–H and O–H groups in total. The minimum atomic E-state index is 0.498. The Morgan fingerprint density at radius 2 is 2.24 bits per heavy atom. The lowest BCUT2D eigenvalue weighted by atomic mass is 9.95. The molecule has 1 saturated carbocycles.